The second-order valence-electron chi connectivity index (χ2n) is 7.11. The SMILES string of the molecule is O=S1(=O)CC(Sc2ccccc2)c2c(OCCCOCc3ccccc3)cccc21. The summed E-state index contributed by atoms with van der Waals surface area (Å²) in [5.74, 6) is 0.757. The van der Waals surface area contributed by atoms with Crippen LogP contribution in [-0.2, 0) is 21.2 Å². The van der Waals surface area contributed by atoms with Gasteiger partial charge < -0.3 is 9.47 Å². The number of sulfone groups is 1. The Morgan fingerprint density at radius 3 is 2.37 bits per heavy atom. The number of thioether (sulfide) groups is 1. The standard InChI is InChI=1S/C24H24O4S2/c25-30(26)18-22(29-20-11-5-2-6-12-20)24-21(13-7-14-23(24)30)28-16-8-15-27-17-19-9-3-1-4-10-19/h1-7,9-14,22H,8,15-18H2. The van der Waals surface area contributed by atoms with E-state index in [0.29, 0.717) is 30.5 Å². The van der Waals surface area contributed by atoms with Crippen molar-refractivity contribution < 1.29 is 17.9 Å². The fourth-order valence-electron chi connectivity index (χ4n) is 3.47. The van der Waals surface area contributed by atoms with Crippen LogP contribution in [0.1, 0.15) is 22.8 Å². The zero-order valence-electron chi connectivity index (χ0n) is 16.6. The number of rotatable bonds is 9. The largest absolute Gasteiger partial charge is 0.493 e. The molecule has 4 rings (SSSR count). The topological polar surface area (TPSA) is 52.6 Å². The molecule has 0 saturated carbocycles. The molecule has 4 nitrogen and oxygen atoms in total. The van der Waals surface area contributed by atoms with E-state index in [1.807, 2.05) is 66.7 Å². The normalized spacial score (nSPS) is 16.9. The number of fused-ring (bicyclic) bond motifs is 1. The van der Waals surface area contributed by atoms with Gasteiger partial charge in [0.15, 0.2) is 9.84 Å². The summed E-state index contributed by atoms with van der Waals surface area (Å²) in [5.41, 5.74) is 1.93. The number of hydrogen-bond donors (Lipinski definition) is 0. The molecule has 1 atom stereocenters. The summed E-state index contributed by atoms with van der Waals surface area (Å²) < 4.78 is 37.0. The van der Waals surface area contributed by atoms with Crippen molar-refractivity contribution in [3.05, 3.63) is 90.0 Å². The molecule has 156 valence electrons. The highest BCUT2D eigenvalue weighted by molar-refractivity contribution is 8.01. The van der Waals surface area contributed by atoms with Gasteiger partial charge in [0.05, 0.1) is 35.7 Å². The van der Waals surface area contributed by atoms with Crippen molar-refractivity contribution in [1.82, 2.24) is 0 Å². The lowest BCUT2D eigenvalue weighted by Gasteiger charge is -2.15. The van der Waals surface area contributed by atoms with Gasteiger partial charge in [-0.05, 0) is 29.8 Å². The highest BCUT2D eigenvalue weighted by Crippen LogP contribution is 2.48. The lowest BCUT2D eigenvalue weighted by Crippen LogP contribution is -2.05. The quantitative estimate of drug-likeness (QED) is 0.423. The summed E-state index contributed by atoms with van der Waals surface area (Å²) in [6, 6.07) is 25.2. The van der Waals surface area contributed by atoms with Crippen molar-refractivity contribution in [1.29, 1.82) is 0 Å². The van der Waals surface area contributed by atoms with Crippen molar-refractivity contribution in [3.8, 4) is 5.75 Å². The van der Waals surface area contributed by atoms with Gasteiger partial charge in [0.25, 0.3) is 0 Å². The first kappa shape index (κ1) is 21.0. The molecule has 3 aromatic carbocycles. The Morgan fingerprint density at radius 2 is 1.60 bits per heavy atom. The number of benzene rings is 3. The van der Waals surface area contributed by atoms with Crippen molar-refractivity contribution >= 4 is 21.6 Å². The van der Waals surface area contributed by atoms with Crippen LogP contribution in [0.5, 0.6) is 5.75 Å². The highest BCUT2D eigenvalue weighted by atomic mass is 32.2. The summed E-state index contributed by atoms with van der Waals surface area (Å²) in [6.45, 7) is 1.65. The average Bonchev–Trinajstić information content (AvgIpc) is 3.02. The number of ether oxygens (including phenoxy) is 2. The van der Waals surface area contributed by atoms with Crippen LogP contribution in [0.3, 0.4) is 0 Å². The van der Waals surface area contributed by atoms with Crippen LogP contribution in [0.25, 0.3) is 0 Å². The van der Waals surface area contributed by atoms with E-state index in [2.05, 4.69) is 0 Å². The first-order valence-corrected chi connectivity index (χ1v) is 12.5. The van der Waals surface area contributed by atoms with Crippen LogP contribution in [0, 0.1) is 0 Å². The lowest BCUT2D eigenvalue weighted by molar-refractivity contribution is 0.107. The molecule has 0 bridgehead atoms. The Labute approximate surface area is 182 Å². The van der Waals surface area contributed by atoms with E-state index >= 15 is 0 Å². The van der Waals surface area contributed by atoms with Gasteiger partial charge in [0.2, 0.25) is 0 Å². The van der Waals surface area contributed by atoms with E-state index < -0.39 is 9.84 Å². The second-order valence-corrected chi connectivity index (χ2v) is 10.4. The molecule has 1 heterocycles. The third kappa shape index (κ3) is 5.06. The van der Waals surface area contributed by atoms with Crippen LogP contribution in [0.15, 0.2) is 88.7 Å². The van der Waals surface area contributed by atoms with Gasteiger partial charge in [-0.2, -0.15) is 0 Å². The highest BCUT2D eigenvalue weighted by Gasteiger charge is 2.37. The van der Waals surface area contributed by atoms with Crippen LogP contribution in [0.2, 0.25) is 0 Å². The molecule has 3 aromatic rings. The van der Waals surface area contributed by atoms with Crippen molar-refractivity contribution in [2.75, 3.05) is 19.0 Å². The molecular formula is C24H24O4S2. The minimum absolute atomic E-state index is 0.0997. The molecule has 0 amide bonds. The van der Waals surface area contributed by atoms with Gasteiger partial charge in [-0.15, -0.1) is 11.8 Å². The molecule has 1 aliphatic rings. The fourth-order valence-corrected chi connectivity index (χ4v) is 6.97. The molecule has 0 fully saturated rings. The Hall–Kier alpha value is -2.28. The maximum Gasteiger partial charge on any atom is 0.180 e. The lowest BCUT2D eigenvalue weighted by atomic mass is 10.1. The Bertz CT molecular complexity index is 1070. The van der Waals surface area contributed by atoms with Crippen LogP contribution in [-0.4, -0.2) is 27.4 Å². The predicted octanol–water partition coefficient (Wildman–Crippen LogP) is 5.29. The average molecular weight is 441 g/mol. The first-order valence-electron chi connectivity index (χ1n) is 9.95. The van der Waals surface area contributed by atoms with Crippen molar-refractivity contribution in [2.45, 2.75) is 28.1 Å². The summed E-state index contributed by atoms with van der Waals surface area (Å²) in [6.07, 6.45) is 0.736. The zero-order valence-corrected chi connectivity index (χ0v) is 18.2. The molecular weight excluding hydrogens is 416 g/mol. The molecule has 6 heteroatoms. The van der Waals surface area contributed by atoms with Crippen LogP contribution >= 0.6 is 11.8 Å². The van der Waals surface area contributed by atoms with E-state index in [1.54, 1.807) is 23.9 Å². The van der Waals surface area contributed by atoms with Gasteiger partial charge >= 0.3 is 0 Å². The molecule has 0 aromatic heterocycles. The molecule has 0 saturated heterocycles. The second kappa shape index (κ2) is 9.69. The molecule has 0 aliphatic carbocycles. The van der Waals surface area contributed by atoms with Gasteiger partial charge in [-0.25, -0.2) is 8.42 Å². The molecule has 0 spiro atoms. The predicted molar refractivity (Wildman–Crippen MR) is 120 cm³/mol. The van der Waals surface area contributed by atoms with Gasteiger partial charge in [0, 0.05) is 16.9 Å². The van der Waals surface area contributed by atoms with Crippen molar-refractivity contribution in [3.63, 3.8) is 0 Å². The summed E-state index contributed by atoms with van der Waals surface area (Å²) >= 11 is 1.57. The van der Waals surface area contributed by atoms with E-state index in [0.717, 1.165) is 22.4 Å². The summed E-state index contributed by atoms with van der Waals surface area (Å²) in [4.78, 5) is 1.45. The van der Waals surface area contributed by atoms with Gasteiger partial charge in [-0.3, -0.25) is 0 Å². The van der Waals surface area contributed by atoms with E-state index in [1.165, 1.54) is 0 Å². The van der Waals surface area contributed by atoms with Crippen molar-refractivity contribution in [2.24, 2.45) is 0 Å². The molecule has 0 N–H and O–H groups in total. The maximum absolute atomic E-state index is 12.7. The fraction of sp³-hybridized carbons (Fsp3) is 0.250. The number of hydrogen-bond acceptors (Lipinski definition) is 5. The summed E-state index contributed by atoms with van der Waals surface area (Å²) in [5, 5.41) is -0.169. The zero-order chi connectivity index (χ0) is 20.8. The molecule has 1 unspecified atom stereocenters. The third-order valence-corrected chi connectivity index (χ3v) is 8.12. The van der Waals surface area contributed by atoms with Gasteiger partial charge in [-0.1, -0.05) is 54.6 Å². The van der Waals surface area contributed by atoms with E-state index in [9.17, 15) is 8.42 Å². The third-order valence-electron chi connectivity index (χ3n) is 4.88. The smallest absolute Gasteiger partial charge is 0.180 e. The Kier molecular flexibility index (Phi) is 6.77. The minimum Gasteiger partial charge on any atom is -0.493 e. The Morgan fingerprint density at radius 1 is 0.867 bits per heavy atom. The van der Waals surface area contributed by atoms with Crippen LogP contribution < -0.4 is 4.74 Å². The van der Waals surface area contributed by atoms with Gasteiger partial charge in [0.1, 0.15) is 5.75 Å². The molecule has 1 aliphatic heterocycles. The van der Waals surface area contributed by atoms with Crippen LogP contribution in [0.4, 0.5) is 0 Å². The van der Waals surface area contributed by atoms with E-state index in [4.69, 9.17) is 9.47 Å². The Balaban J connectivity index is 1.38. The molecule has 30 heavy (non-hydrogen) atoms. The van der Waals surface area contributed by atoms with E-state index in [-0.39, 0.29) is 11.0 Å². The maximum atomic E-state index is 12.7. The molecule has 0 radical (unpaired) electrons. The first-order chi connectivity index (χ1) is 14.6. The summed E-state index contributed by atoms with van der Waals surface area (Å²) in [7, 11) is -3.29. The monoisotopic (exact) mass is 440 g/mol. The minimum atomic E-state index is -3.29.